The fourth-order valence-corrected chi connectivity index (χ4v) is 2.80. The molecule has 0 heterocycles. The van der Waals surface area contributed by atoms with Crippen LogP contribution in [0, 0.1) is 5.82 Å². The Morgan fingerprint density at radius 1 is 1.00 bits per heavy atom. The van der Waals surface area contributed by atoms with Crippen LogP contribution in [-0.2, 0) is 16.2 Å². The molecule has 0 fully saturated rings. The van der Waals surface area contributed by atoms with Crippen molar-refractivity contribution in [3.63, 3.8) is 0 Å². The highest BCUT2D eigenvalue weighted by Gasteiger charge is 2.13. The zero-order valence-corrected chi connectivity index (χ0v) is 17.2. The Labute approximate surface area is 180 Å². The van der Waals surface area contributed by atoms with E-state index >= 15 is 0 Å². The maximum atomic E-state index is 12.9. The molecule has 2 N–H and O–H groups in total. The monoisotopic (exact) mass is 469 g/mol. The first-order valence-corrected chi connectivity index (χ1v) is 9.67. The van der Waals surface area contributed by atoms with Gasteiger partial charge in [-0.15, -0.1) is 0 Å². The Balaban J connectivity index is 1.60. The predicted molar refractivity (Wildman–Crippen MR) is 116 cm³/mol. The van der Waals surface area contributed by atoms with Gasteiger partial charge in [0.15, 0.2) is 0 Å². The number of hydrazone groups is 1. The topological polar surface area (TPSA) is 79.8 Å². The molecular weight excluding hydrogens is 453 g/mol. The van der Waals surface area contributed by atoms with Crippen LogP contribution in [0.25, 0.3) is 0 Å². The first kappa shape index (κ1) is 21.2. The number of amides is 2. The molecule has 0 aliphatic rings. The minimum Gasteiger partial charge on any atom is -0.488 e. The summed E-state index contributed by atoms with van der Waals surface area (Å²) >= 11 is 3.38. The number of nitrogens with one attached hydrogen (secondary N) is 2. The summed E-state index contributed by atoms with van der Waals surface area (Å²) in [4.78, 5) is 23.8. The number of hydrogen-bond acceptors (Lipinski definition) is 4. The van der Waals surface area contributed by atoms with Gasteiger partial charge in [0.1, 0.15) is 18.2 Å². The lowest BCUT2D eigenvalue weighted by atomic mass is 10.2. The molecule has 0 aliphatic heterocycles. The van der Waals surface area contributed by atoms with Crippen molar-refractivity contribution in [2.75, 3.05) is 5.32 Å². The number of anilines is 1. The van der Waals surface area contributed by atoms with E-state index in [-0.39, 0.29) is 0 Å². The van der Waals surface area contributed by atoms with Crippen LogP contribution in [0.2, 0.25) is 0 Å². The van der Waals surface area contributed by atoms with E-state index in [1.165, 1.54) is 30.5 Å². The lowest BCUT2D eigenvalue weighted by molar-refractivity contribution is -0.136. The smallest absolute Gasteiger partial charge is 0.329 e. The van der Waals surface area contributed by atoms with Crippen LogP contribution in [0.5, 0.6) is 5.75 Å². The lowest BCUT2D eigenvalue weighted by Crippen LogP contribution is -2.32. The van der Waals surface area contributed by atoms with E-state index in [9.17, 15) is 14.0 Å². The van der Waals surface area contributed by atoms with E-state index in [0.717, 1.165) is 10.0 Å². The number of ether oxygens (including phenoxy) is 1. The van der Waals surface area contributed by atoms with Crippen molar-refractivity contribution < 1.29 is 18.7 Å². The molecule has 0 aliphatic carbocycles. The van der Waals surface area contributed by atoms with E-state index in [1.54, 1.807) is 12.1 Å². The minimum absolute atomic E-state index is 0.295. The highest BCUT2D eigenvalue weighted by Crippen LogP contribution is 2.22. The fraction of sp³-hybridized carbons (Fsp3) is 0.0455. The zero-order chi connectivity index (χ0) is 21.3. The first-order chi connectivity index (χ1) is 14.5. The lowest BCUT2D eigenvalue weighted by Gasteiger charge is -2.09. The van der Waals surface area contributed by atoms with Crippen molar-refractivity contribution in [3.05, 3.63) is 94.2 Å². The second-order valence-corrected chi connectivity index (χ2v) is 7.03. The Morgan fingerprint density at radius 3 is 2.47 bits per heavy atom. The summed E-state index contributed by atoms with van der Waals surface area (Å²) < 4.78 is 19.5. The summed E-state index contributed by atoms with van der Waals surface area (Å²) in [5.74, 6) is -1.76. The van der Waals surface area contributed by atoms with Crippen molar-refractivity contribution in [1.29, 1.82) is 0 Å². The van der Waals surface area contributed by atoms with Gasteiger partial charge in [0.05, 0.1) is 6.21 Å². The molecule has 3 aromatic carbocycles. The van der Waals surface area contributed by atoms with E-state index in [0.29, 0.717) is 23.6 Å². The number of nitrogens with zero attached hydrogens (tertiary/aromatic N) is 1. The quantitative estimate of drug-likeness (QED) is 0.321. The molecule has 0 spiro atoms. The minimum atomic E-state index is -0.961. The third-order valence-corrected chi connectivity index (χ3v) is 4.38. The van der Waals surface area contributed by atoms with Crippen LogP contribution >= 0.6 is 15.9 Å². The highest BCUT2D eigenvalue weighted by molar-refractivity contribution is 9.10. The van der Waals surface area contributed by atoms with Crippen LogP contribution in [0.3, 0.4) is 0 Å². The summed E-state index contributed by atoms with van der Waals surface area (Å²) in [7, 11) is 0. The third-order valence-electron chi connectivity index (χ3n) is 3.89. The standard InChI is InChI=1S/C22H17BrFN3O3/c23-17-6-11-20(30-14-15-4-2-1-3-5-15)16(12-17)13-25-27-22(29)21(28)26-19-9-7-18(24)8-10-19/h1-13H,14H2,(H,26,28)(H,27,29)/b25-13-. The van der Waals surface area contributed by atoms with Crippen LogP contribution in [0.4, 0.5) is 10.1 Å². The van der Waals surface area contributed by atoms with Crippen molar-refractivity contribution in [3.8, 4) is 5.75 Å². The number of halogens is 2. The van der Waals surface area contributed by atoms with Crippen LogP contribution in [0.15, 0.2) is 82.4 Å². The average molecular weight is 470 g/mol. The summed E-state index contributed by atoms with van der Waals surface area (Å²) in [6, 6.07) is 20.1. The van der Waals surface area contributed by atoms with Crippen LogP contribution < -0.4 is 15.5 Å². The van der Waals surface area contributed by atoms with Gasteiger partial charge in [0, 0.05) is 15.7 Å². The summed E-state index contributed by atoms with van der Waals surface area (Å²) in [6.07, 6.45) is 1.38. The van der Waals surface area contributed by atoms with Gasteiger partial charge < -0.3 is 10.1 Å². The fourth-order valence-electron chi connectivity index (χ4n) is 2.42. The van der Waals surface area contributed by atoms with Crippen molar-refractivity contribution >= 4 is 39.6 Å². The molecule has 0 saturated carbocycles. The molecule has 0 atom stereocenters. The molecule has 0 radical (unpaired) electrons. The summed E-state index contributed by atoms with van der Waals surface area (Å²) in [5, 5.41) is 6.18. The van der Waals surface area contributed by atoms with E-state index in [4.69, 9.17) is 4.74 Å². The Morgan fingerprint density at radius 2 is 1.73 bits per heavy atom. The second-order valence-electron chi connectivity index (χ2n) is 6.12. The third kappa shape index (κ3) is 6.25. The van der Waals surface area contributed by atoms with Gasteiger partial charge in [-0.25, -0.2) is 9.82 Å². The number of carbonyl (C=O) groups excluding carboxylic acids is 2. The van der Waals surface area contributed by atoms with Gasteiger partial charge in [0.2, 0.25) is 0 Å². The number of benzene rings is 3. The molecule has 30 heavy (non-hydrogen) atoms. The molecule has 3 rings (SSSR count). The molecular formula is C22H17BrFN3O3. The van der Waals surface area contributed by atoms with Gasteiger partial charge in [-0.05, 0) is 48.0 Å². The maximum absolute atomic E-state index is 12.9. The Bertz CT molecular complexity index is 1060. The molecule has 0 bridgehead atoms. The Hall–Kier alpha value is -3.52. The number of rotatable bonds is 6. The maximum Gasteiger partial charge on any atom is 0.329 e. The summed E-state index contributed by atoms with van der Waals surface area (Å²) in [5.41, 5.74) is 4.07. The predicted octanol–water partition coefficient (Wildman–Crippen LogP) is 4.26. The van der Waals surface area contributed by atoms with Crippen molar-refractivity contribution in [1.82, 2.24) is 5.43 Å². The molecule has 8 heteroatoms. The molecule has 0 aromatic heterocycles. The Kier molecular flexibility index (Phi) is 7.29. The zero-order valence-electron chi connectivity index (χ0n) is 15.6. The van der Waals surface area contributed by atoms with E-state index in [2.05, 4.69) is 31.8 Å². The normalized spacial score (nSPS) is 10.6. The van der Waals surface area contributed by atoms with E-state index in [1.807, 2.05) is 36.4 Å². The molecule has 6 nitrogen and oxygen atoms in total. The van der Waals surface area contributed by atoms with Crippen molar-refractivity contribution in [2.24, 2.45) is 5.10 Å². The van der Waals surface area contributed by atoms with Crippen molar-refractivity contribution in [2.45, 2.75) is 6.61 Å². The average Bonchev–Trinajstić information content (AvgIpc) is 2.75. The number of carbonyl (C=O) groups is 2. The molecule has 0 saturated heterocycles. The molecule has 152 valence electrons. The van der Waals surface area contributed by atoms with Gasteiger partial charge in [-0.2, -0.15) is 5.10 Å². The van der Waals surface area contributed by atoms with Gasteiger partial charge in [-0.3, -0.25) is 9.59 Å². The highest BCUT2D eigenvalue weighted by atomic mass is 79.9. The largest absolute Gasteiger partial charge is 0.488 e. The summed E-state index contributed by atoms with van der Waals surface area (Å²) in [6.45, 7) is 0.371. The second kappa shape index (κ2) is 10.3. The molecule has 0 unspecified atom stereocenters. The van der Waals surface area contributed by atoms with Gasteiger partial charge in [0.25, 0.3) is 0 Å². The van der Waals surface area contributed by atoms with Crippen LogP contribution in [0.1, 0.15) is 11.1 Å². The first-order valence-electron chi connectivity index (χ1n) is 8.87. The number of hydrogen-bond donors (Lipinski definition) is 2. The molecule has 2 amide bonds. The SMILES string of the molecule is O=C(N/N=C\c1cc(Br)ccc1OCc1ccccc1)C(=O)Nc1ccc(F)cc1. The van der Waals surface area contributed by atoms with E-state index < -0.39 is 17.6 Å². The van der Waals surface area contributed by atoms with Crippen LogP contribution in [-0.4, -0.2) is 18.0 Å². The van der Waals surface area contributed by atoms with Gasteiger partial charge >= 0.3 is 11.8 Å². The van der Waals surface area contributed by atoms with Gasteiger partial charge in [-0.1, -0.05) is 46.3 Å². The molecule has 3 aromatic rings.